The number of aromatic amines is 1. The van der Waals surface area contributed by atoms with E-state index in [9.17, 15) is 18.4 Å². The number of alkyl halides is 2. The summed E-state index contributed by atoms with van der Waals surface area (Å²) in [6, 6.07) is 14.5. The van der Waals surface area contributed by atoms with Crippen LogP contribution in [0.2, 0.25) is 0 Å². The Morgan fingerprint density at radius 1 is 1.13 bits per heavy atom. The van der Waals surface area contributed by atoms with E-state index in [4.69, 9.17) is 4.74 Å². The number of esters is 1. The van der Waals surface area contributed by atoms with Gasteiger partial charge in [-0.1, -0.05) is 40.2 Å². The van der Waals surface area contributed by atoms with Crippen LogP contribution < -0.4 is 10.1 Å². The summed E-state index contributed by atoms with van der Waals surface area (Å²) in [6.07, 6.45) is -1.20. The van der Waals surface area contributed by atoms with Crippen LogP contribution in [0.25, 0.3) is 11.3 Å². The standard InChI is InChI=1S/C20H16BrF2N3O4/c1-11(18(27)24-14-4-2-3-5-17(14)30-20(22)23)29-19(28)16-10-15(25-26-16)12-6-8-13(21)9-7-12/h2-11,20H,1H3,(H,24,27)(H,25,26). The van der Waals surface area contributed by atoms with Crippen LogP contribution in [-0.4, -0.2) is 34.8 Å². The van der Waals surface area contributed by atoms with Crippen LogP contribution >= 0.6 is 15.9 Å². The molecule has 0 aliphatic carbocycles. The van der Waals surface area contributed by atoms with E-state index in [-0.39, 0.29) is 17.1 Å². The number of para-hydroxylation sites is 2. The largest absolute Gasteiger partial charge is 0.448 e. The molecule has 1 atom stereocenters. The first-order chi connectivity index (χ1) is 14.3. The van der Waals surface area contributed by atoms with Gasteiger partial charge in [0.05, 0.1) is 11.4 Å². The minimum absolute atomic E-state index is 0.0322. The summed E-state index contributed by atoms with van der Waals surface area (Å²) < 4.78 is 35.4. The van der Waals surface area contributed by atoms with Crippen molar-refractivity contribution in [1.29, 1.82) is 0 Å². The number of anilines is 1. The van der Waals surface area contributed by atoms with E-state index in [1.54, 1.807) is 6.07 Å². The van der Waals surface area contributed by atoms with Gasteiger partial charge in [-0.05, 0) is 37.3 Å². The van der Waals surface area contributed by atoms with Crippen LogP contribution in [0.15, 0.2) is 59.1 Å². The molecule has 0 saturated heterocycles. The Labute approximate surface area is 178 Å². The van der Waals surface area contributed by atoms with Crippen LogP contribution in [0.3, 0.4) is 0 Å². The van der Waals surface area contributed by atoms with E-state index >= 15 is 0 Å². The fourth-order valence-electron chi connectivity index (χ4n) is 2.48. The van der Waals surface area contributed by atoms with Gasteiger partial charge in [0.2, 0.25) is 0 Å². The molecule has 1 amide bonds. The van der Waals surface area contributed by atoms with E-state index < -0.39 is 24.6 Å². The Kier molecular flexibility index (Phi) is 6.78. The summed E-state index contributed by atoms with van der Waals surface area (Å²) in [5, 5.41) is 9.04. The normalized spacial score (nSPS) is 11.8. The number of amides is 1. The Balaban J connectivity index is 1.63. The second kappa shape index (κ2) is 9.49. The molecule has 2 aromatic carbocycles. The minimum Gasteiger partial charge on any atom is -0.448 e. The average molecular weight is 480 g/mol. The third kappa shape index (κ3) is 5.41. The predicted octanol–water partition coefficient (Wildman–Crippen LogP) is 4.62. The molecule has 0 bridgehead atoms. The first-order valence-electron chi connectivity index (χ1n) is 8.70. The molecule has 0 aliphatic rings. The first kappa shape index (κ1) is 21.4. The molecule has 3 aromatic rings. The fourth-order valence-corrected chi connectivity index (χ4v) is 2.74. The van der Waals surface area contributed by atoms with Gasteiger partial charge in [-0.15, -0.1) is 0 Å². The minimum atomic E-state index is -3.04. The van der Waals surface area contributed by atoms with Crippen LogP contribution in [0.1, 0.15) is 17.4 Å². The molecule has 0 aliphatic heterocycles. The fraction of sp³-hybridized carbons (Fsp3) is 0.150. The van der Waals surface area contributed by atoms with Crippen LogP contribution in [0.5, 0.6) is 5.75 Å². The summed E-state index contributed by atoms with van der Waals surface area (Å²) in [5.41, 5.74) is 1.42. The van der Waals surface area contributed by atoms with Crippen molar-refractivity contribution in [3.63, 3.8) is 0 Å². The third-order valence-electron chi connectivity index (χ3n) is 3.95. The SMILES string of the molecule is CC(OC(=O)c1cc(-c2ccc(Br)cc2)n[nH]1)C(=O)Nc1ccccc1OC(F)F. The van der Waals surface area contributed by atoms with Crippen molar-refractivity contribution < 1.29 is 27.8 Å². The molecule has 30 heavy (non-hydrogen) atoms. The number of H-pyrrole nitrogens is 1. The maximum absolute atomic E-state index is 12.5. The van der Waals surface area contributed by atoms with Gasteiger partial charge in [0.25, 0.3) is 5.91 Å². The van der Waals surface area contributed by atoms with Gasteiger partial charge < -0.3 is 14.8 Å². The zero-order valence-electron chi connectivity index (χ0n) is 15.6. The highest BCUT2D eigenvalue weighted by molar-refractivity contribution is 9.10. The molecule has 1 heterocycles. The molecule has 1 aromatic heterocycles. The highest BCUT2D eigenvalue weighted by Crippen LogP contribution is 2.26. The number of benzene rings is 2. The topological polar surface area (TPSA) is 93.3 Å². The van der Waals surface area contributed by atoms with Crippen molar-refractivity contribution in [2.75, 3.05) is 5.32 Å². The molecule has 0 saturated carbocycles. The van der Waals surface area contributed by atoms with Gasteiger partial charge in [-0.3, -0.25) is 9.89 Å². The lowest BCUT2D eigenvalue weighted by Crippen LogP contribution is -2.30. The predicted molar refractivity (Wildman–Crippen MR) is 108 cm³/mol. The van der Waals surface area contributed by atoms with E-state index in [1.165, 1.54) is 31.2 Å². The van der Waals surface area contributed by atoms with E-state index in [2.05, 4.69) is 36.2 Å². The Morgan fingerprint density at radius 3 is 2.53 bits per heavy atom. The molecule has 1 unspecified atom stereocenters. The van der Waals surface area contributed by atoms with Gasteiger partial charge in [-0.25, -0.2) is 4.79 Å². The monoisotopic (exact) mass is 479 g/mol. The lowest BCUT2D eigenvalue weighted by Gasteiger charge is -2.15. The van der Waals surface area contributed by atoms with Crippen molar-refractivity contribution in [2.24, 2.45) is 0 Å². The smallest absolute Gasteiger partial charge is 0.387 e. The highest BCUT2D eigenvalue weighted by atomic mass is 79.9. The second-order valence-electron chi connectivity index (χ2n) is 6.09. The van der Waals surface area contributed by atoms with Gasteiger partial charge in [0.1, 0.15) is 11.4 Å². The van der Waals surface area contributed by atoms with Crippen molar-refractivity contribution in [1.82, 2.24) is 10.2 Å². The van der Waals surface area contributed by atoms with Crippen LogP contribution in [0.4, 0.5) is 14.5 Å². The number of hydrogen-bond donors (Lipinski definition) is 2. The molecular weight excluding hydrogens is 464 g/mol. The molecule has 2 N–H and O–H groups in total. The Hall–Kier alpha value is -3.27. The number of carbonyl (C=O) groups is 2. The molecule has 0 fully saturated rings. The number of nitrogens with one attached hydrogen (secondary N) is 2. The Morgan fingerprint density at radius 2 is 1.83 bits per heavy atom. The molecule has 0 spiro atoms. The number of halogens is 3. The van der Waals surface area contributed by atoms with Crippen molar-refractivity contribution in [3.8, 4) is 17.0 Å². The molecule has 156 valence electrons. The number of carbonyl (C=O) groups excluding carboxylic acids is 2. The maximum atomic E-state index is 12.5. The van der Waals surface area contributed by atoms with Crippen LogP contribution in [0, 0.1) is 0 Å². The molecule has 10 heteroatoms. The average Bonchev–Trinajstić information content (AvgIpc) is 3.20. The number of aromatic nitrogens is 2. The molecule has 0 radical (unpaired) electrons. The van der Waals surface area contributed by atoms with E-state index in [0.29, 0.717) is 5.69 Å². The quantitative estimate of drug-likeness (QED) is 0.482. The van der Waals surface area contributed by atoms with Crippen molar-refractivity contribution in [3.05, 3.63) is 64.8 Å². The summed E-state index contributed by atoms with van der Waals surface area (Å²) in [6.45, 7) is -1.69. The summed E-state index contributed by atoms with van der Waals surface area (Å²) in [4.78, 5) is 24.6. The van der Waals surface area contributed by atoms with Crippen molar-refractivity contribution in [2.45, 2.75) is 19.6 Å². The number of ether oxygens (including phenoxy) is 2. The van der Waals surface area contributed by atoms with Crippen LogP contribution in [-0.2, 0) is 9.53 Å². The van der Waals surface area contributed by atoms with E-state index in [1.807, 2.05) is 24.3 Å². The molecule has 7 nitrogen and oxygen atoms in total. The third-order valence-corrected chi connectivity index (χ3v) is 4.48. The lowest BCUT2D eigenvalue weighted by atomic mass is 10.1. The molecular formula is C20H16BrF2N3O4. The summed E-state index contributed by atoms with van der Waals surface area (Å²) >= 11 is 3.34. The number of hydrogen-bond acceptors (Lipinski definition) is 5. The van der Waals surface area contributed by atoms with Gasteiger partial charge >= 0.3 is 12.6 Å². The molecule has 3 rings (SSSR count). The van der Waals surface area contributed by atoms with Gasteiger partial charge in [-0.2, -0.15) is 13.9 Å². The zero-order valence-corrected chi connectivity index (χ0v) is 17.2. The summed E-state index contributed by atoms with van der Waals surface area (Å²) in [5.74, 6) is -1.70. The van der Waals surface area contributed by atoms with Gasteiger partial charge in [0, 0.05) is 10.0 Å². The lowest BCUT2D eigenvalue weighted by molar-refractivity contribution is -0.123. The zero-order chi connectivity index (χ0) is 21.7. The first-order valence-corrected chi connectivity index (χ1v) is 9.50. The number of nitrogens with zero attached hydrogens (tertiary/aromatic N) is 1. The number of rotatable bonds is 7. The summed E-state index contributed by atoms with van der Waals surface area (Å²) in [7, 11) is 0. The van der Waals surface area contributed by atoms with Gasteiger partial charge in [0.15, 0.2) is 6.10 Å². The Bertz CT molecular complexity index is 1040. The highest BCUT2D eigenvalue weighted by Gasteiger charge is 2.22. The second-order valence-corrected chi connectivity index (χ2v) is 7.00. The maximum Gasteiger partial charge on any atom is 0.387 e. The van der Waals surface area contributed by atoms with Crippen molar-refractivity contribution >= 4 is 33.5 Å². The van der Waals surface area contributed by atoms with E-state index in [0.717, 1.165) is 10.0 Å².